The number of rotatable bonds is 0. The summed E-state index contributed by atoms with van der Waals surface area (Å²) >= 11 is 0. The van der Waals surface area contributed by atoms with Gasteiger partial charge in [0.25, 0.3) is 0 Å². The normalized spacial score (nSPS) is 34.9. The zero-order chi connectivity index (χ0) is 6.32. The molecule has 50 valence electrons. The van der Waals surface area contributed by atoms with Crippen molar-refractivity contribution in [3.63, 3.8) is 0 Å². The van der Waals surface area contributed by atoms with E-state index in [1.54, 1.807) is 0 Å². The lowest BCUT2D eigenvalue weighted by atomic mass is 10.2. The molecule has 1 aliphatic carbocycles. The van der Waals surface area contributed by atoms with E-state index in [2.05, 4.69) is 0 Å². The van der Waals surface area contributed by atoms with Crippen LogP contribution in [-0.2, 0) is 13.6 Å². The molecule has 0 aromatic rings. The zero-order valence-corrected chi connectivity index (χ0v) is 5.89. The van der Waals surface area contributed by atoms with Gasteiger partial charge < -0.3 is 0 Å². The second-order valence-electron chi connectivity index (χ2n) is 2.58. The summed E-state index contributed by atoms with van der Waals surface area (Å²) in [6, 6.07) is 0. The van der Waals surface area contributed by atoms with Gasteiger partial charge in [-0.05, 0) is 12.8 Å². The third-order valence-electron chi connectivity index (χ3n) is 1.83. The highest BCUT2D eigenvalue weighted by Gasteiger charge is 2.55. The Labute approximate surface area is 54.3 Å². The van der Waals surface area contributed by atoms with Gasteiger partial charge in [0.15, 0.2) is 0 Å². The van der Waals surface area contributed by atoms with E-state index in [-0.39, 0.29) is 5.60 Å². The summed E-state index contributed by atoms with van der Waals surface area (Å²) in [5.41, 5.74) is -0.00823. The molecule has 0 aromatic carbocycles. The van der Waals surface area contributed by atoms with Crippen molar-refractivity contribution in [1.82, 2.24) is 0 Å². The van der Waals surface area contributed by atoms with Gasteiger partial charge in [-0.1, -0.05) is 0 Å². The molecule has 4 heteroatoms. The summed E-state index contributed by atoms with van der Waals surface area (Å²) in [7, 11) is -1.77. The second-order valence-corrected chi connectivity index (χ2v) is 3.47. The maximum atomic E-state index is 10.6. The van der Waals surface area contributed by atoms with Gasteiger partial charge >= 0.3 is 8.25 Å². The second kappa shape index (κ2) is 1.75. The molecule has 0 radical (unpaired) electrons. The van der Waals surface area contributed by atoms with E-state index in [0.29, 0.717) is 6.61 Å². The van der Waals surface area contributed by atoms with Crippen molar-refractivity contribution in [2.75, 3.05) is 6.61 Å². The summed E-state index contributed by atoms with van der Waals surface area (Å²) in [6.07, 6.45) is 3.06. The van der Waals surface area contributed by atoms with E-state index in [9.17, 15) is 4.57 Å². The van der Waals surface area contributed by atoms with Crippen LogP contribution in [0.1, 0.15) is 19.3 Å². The van der Waals surface area contributed by atoms with E-state index in [1.807, 2.05) is 0 Å². The molecule has 0 amide bonds. The van der Waals surface area contributed by atoms with Crippen LogP contribution in [-0.4, -0.2) is 12.2 Å². The van der Waals surface area contributed by atoms with Gasteiger partial charge in [-0.15, -0.1) is 9.05 Å². The maximum absolute atomic E-state index is 10.6. The van der Waals surface area contributed by atoms with Gasteiger partial charge in [0.2, 0.25) is 0 Å². The smallest absolute Gasteiger partial charge is 0.119 e. The minimum absolute atomic E-state index is 0.00823. The van der Waals surface area contributed by atoms with E-state index >= 15 is 0 Å². The van der Waals surface area contributed by atoms with Gasteiger partial charge in [-0.25, -0.2) is 0 Å². The SMILES string of the molecule is O=[P+]1OCCC2(CC2)O1. The lowest BCUT2D eigenvalue weighted by Gasteiger charge is -2.08. The molecule has 2 rings (SSSR count). The molecule has 0 N–H and O–H groups in total. The van der Waals surface area contributed by atoms with Crippen molar-refractivity contribution in [3.8, 4) is 0 Å². The highest BCUT2D eigenvalue weighted by Crippen LogP contribution is 2.52. The van der Waals surface area contributed by atoms with Crippen molar-refractivity contribution >= 4 is 8.25 Å². The first-order chi connectivity index (χ1) is 4.31. The van der Waals surface area contributed by atoms with Gasteiger partial charge in [0.1, 0.15) is 12.2 Å². The quantitative estimate of drug-likeness (QED) is 0.488. The Kier molecular flexibility index (Phi) is 1.12. The van der Waals surface area contributed by atoms with E-state index in [1.165, 1.54) is 0 Å². The molecular formula is C5H8O3P+. The van der Waals surface area contributed by atoms with Gasteiger partial charge in [0.05, 0.1) is 0 Å². The average molecular weight is 147 g/mol. The van der Waals surface area contributed by atoms with Gasteiger partial charge in [-0.3, -0.25) is 0 Å². The first kappa shape index (κ1) is 5.78. The summed E-state index contributed by atoms with van der Waals surface area (Å²) in [6.45, 7) is 0.606. The van der Waals surface area contributed by atoms with Crippen molar-refractivity contribution in [1.29, 1.82) is 0 Å². The Balaban J connectivity index is 2.04. The predicted octanol–water partition coefficient (Wildman–Crippen LogP) is 1.61. The molecule has 0 bridgehead atoms. The molecule has 9 heavy (non-hydrogen) atoms. The Bertz CT molecular complexity index is 152. The van der Waals surface area contributed by atoms with Crippen LogP contribution >= 0.6 is 8.25 Å². The van der Waals surface area contributed by atoms with Crippen molar-refractivity contribution in [2.24, 2.45) is 0 Å². The van der Waals surface area contributed by atoms with Crippen LogP contribution in [0.2, 0.25) is 0 Å². The van der Waals surface area contributed by atoms with Crippen molar-refractivity contribution in [3.05, 3.63) is 0 Å². The Morgan fingerprint density at radius 3 is 2.56 bits per heavy atom. The monoisotopic (exact) mass is 147 g/mol. The van der Waals surface area contributed by atoms with Gasteiger partial charge in [0, 0.05) is 11.0 Å². The number of hydrogen-bond acceptors (Lipinski definition) is 3. The highest BCUT2D eigenvalue weighted by molar-refractivity contribution is 7.33. The molecule has 1 aliphatic heterocycles. The maximum Gasteiger partial charge on any atom is 0.697 e. The average Bonchev–Trinajstić information content (AvgIpc) is 2.49. The standard InChI is InChI=1S/C5H8O3P/c6-9-7-4-3-5(8-9)1-2-5/h1-4H2/q+1. The molecule has 0 aromatic heterocycles. The molecule has 1 spiro atoms. The summed E-state index contributed by atoms with van der Waals surface area (Å²) in [4.78, 5) is 0. The van der Waals surface area contributed by atoms with Crippen LogP contribution in [0.15, 0.2) is 0 Å². The van der Waals surface area contributed by atoms with Crippen LogP contribution in [0.4, 0.5) is 0 Å². The van der Waals surface area contributed by atoms with E-state index in [4.69, 9.17) is 9.05 Å². The van der Waals surface area contributed by atoms with Crippen LogP contribution in [0.25, 0.3) is 0 Å². The topological polar surface area (TPSA) is 35.5 Å². The van der Waals surface area contributed by atoms with Gasteiger partial charge in [-0.2, -0.15) is 0 Å². The Morgan fingerprint density at radius 2 is 2.11 bits per heavy atom. The molecule has 1 heterocycles. The molecule has 1 unspecified atom stereocenters. The largest absolute Gasteiger partial charge is 0.697 e. The Hall–Kier alpha value is 0.0200. The fourth-order valence-electron chi connectivity index (χ4n) is 1.02. The molecule has 3 nitrogen and oxygen atoms in total. The summed E-state index contributed by atoms with van der Waals surface area (Å²) in [5, 5.41) is 0. The predicted molar refractivity (Wildman–Crippen MR) is 31.2 cm³/mol. The molecule has 1 atom stereocenters. The molecule has 2 fully saturated rings. The first-order valence-electron chi connectivity index (χ1n) is 3.10. The van der Waals surface area contributed by atoms with Crippen molar-refractivity contribution < 1.29 is 13.6 Å². The molecule has 2 aliphatic rings. The lowest BCUT2D eigenvalue weighted by Crippen LogP contribution is -2.17. The van der Waals surface area contributed by atoms with Crippen LogP contribution in [0.5, 0.6) is 0 Å². The third kappa shape index (κ3) is 1.00. The molecule has 1 saturated carbocycles. The van der Waals surface area contributed by atoms with E-state index in [0.717, 1.165) is 19.3 Å². The zero-order valence-electron chi connectivity index (χ0n) is 5.00. The number of hydrogen-bond donors (Lipinski definition) is 0. The van der Waals surface area contributed by atoms with Crippen LogP contribution < -0.4 is 0 Å². The minimum atomic E-state index is -1.77. The summed E-state index contributed by atoms with van der Waals surface area (Å²) < 4.78 is 20.4. The van der Waals surface area contributed by atoms with E-state index < -0.39 is 8.25 Å². The van der Waals surface area contributed by atoms with Crippen LogP contribution in [0, 0.1) is 0 Å². The fourth-order valence-corrected chi connectivity index (χ4v) is 1.90. The Morgan fingerprint density at radius 1 is 1.33 bits per heavy atom. The minimum Gasteiger partial charge on any atom is -0.119 e. The molecule has 1 saturated heterocycles. The van der Waals surface area contributed by atoms with Crippen LogP contribution in [0.3, 0.4) is 0 Å². The molecular weight excluding hydrogens is 139 g/mol. The summed E-state index contributed by atoms with van der Waals surface area (Å²) in [5.74, 6) is 0. The third-order valence-corrected chi connectivity index (χ3v) is 2.76. The van der Waals surface area contributed by atoms with Crippen molar-refractivity contribution in [2.45, 2.75) is 24.9 Å². The first-order valence-corrected chi connectivity index (χ1v) is 4.20. The highest BCUT2D eigenvalue weighted by atomic mass is 31.1. The fraction of sp³-hybridized carbons (Fsp3) is 1.00. The lowest BCUT2D eigenvalue weighted by molar-refractivity contribution is 0.0793.